The minimum Gasteiger partial charge on any atom is -0.377 e. The van der Waals surface area contributed by atoms with E-state index in [0.29, 0.717) is 5.92 Å². The Hall–Kier alpha value is -1.72. The van der Waals surface area contributed by atoms with E-state index in [1.165, 1.54) is 13.1 Å². The van der Waals surface area contributed by atoms with Gasteiger partial charge in [-0.15, -0.1) is 0 Å². The summed E-state index contributed by atoms with van der Waals surface area (Å²) in [6, 6.07) is 0. The molecule has 21 heavy (non-hydrogen) atoms. The van der Waals surface area contributed by atoms with E-state index in [1.807, 2.05) is 4.90 Å². The first kappa shape index (κ1) is 17.3. The molecule has 3 nitrogen and oxygen atoms in total. The van der Waals surface area contributed by atoms with Gasteiger partial charge in [0.1, 0.15) is 0 Å². The predicted octanol–water partition coefficient (Wildman–Crippen LogP) is 3.15. The van der Waals surface area contributed by atoms with Crippen molar-refractivity contribution >= 4 is 5.91 Å². The van der Waals surface area contributed by atoms with Crippen molar-refractivity contribution in [3.8, 4) is 0 Å². The number of hydrogen-bond acceptors (Lipinski definition) is 2. The topological polar surface area (TPSA) is 46.3 Å². The van der Waals surface area contributed by atoms with E-state index in [0.717, 1.165) is 44.2 Å². The van der Waals surface area contributed by atoms with Gasteiger partial charge in [-0.05, 0) is 44.0 Å². The Morgan fingerprint density at radius 3 is 2.29 bits per heavy atom. The van der Waals surface area contributed by atoms with Crippen LogP contribution in [0.15, 0.2) is 35.6 Å². The summed E-state index contributed by atoms with van der Waals surface area (Å²) in [5.74, 6) is -0.116. The first-order chi connectivity index (χ1) is 9.70. The van der Waals surface area contributed by atoms with E-state index in [1.54, 1.807) is 0 Å². The number of likely N-dealkylation sites (tertiary alicyclic amines) is 1. The van der Waals surface area contributed by atoms with E-state index in [-0.39, 0.29) is 5.57 Å². The molecule has 118 valence electrons. The van der Waals surface area contributed by atoms with E-state index in [4.69, 9.17) is 5.73 Å². The molecule has 1 amide bonds. The molecular formula is C15H21F3N2O. The van der Waals surface area contributed by atoms with Crippen LogP contribution < -0.4 is 5.73 Å². The van der Waals surface area contributed by atoms with Crippen LogP contribution in [0.3, 0.4) is 0 Å². The smallest absolute Gasteiger partial charge is 0.377 e. The highest BCUT2D eigenvalue weighted by Gasteiger charge is 2.31. The number of amides is 1. The maximum absolute atomic E-state index is 12.9. The Labute approximate surface area is 123 Å². The lowest BCUT2D eigenvalue weighted by atomic mass is 9.99. The van der Waals surface area contributed by atoms with E-state index >= 15 is 0 Å². The molecule has 1 aliphatic heterocycles. The normalized spacial score (nSPS) is 19.4. The van der Waals surface area contributed by atoms with Crippen LogP contribution in [0.5, 0.6) is 0 Å². The fourth-order valence-electron chi connectivity index (χ4n) is 1.90. The molecule has 0 saturated carbocycles. The largest absolute Gasteiger partial charge is 0.416 e. The van der Waals surface area contributed by atoms with Crippen LogP contribution in [0.4, 0.5) is 13.2 Å². The highest BCUT2D eigenvalue weighted by Crippen LogP contribution is 2.27. The second-order valence-corrected chi connectivity index (χ2v) is 5.37. The number of halogens is 3. The van der Waals surface area contributed by atoms with Crippen LogP contribution in [0, 0.1) is 5.92 Å². The molecule has 1 fully saturated rings. The van der Waals surface area contributed by atoms with Gasteiger partial charge in [-0.2, -0.15) is 13.2 Å². The number of rotatable bonds is 4. The monoisotopic (exact) mass is 302 g/mol. The molecule has 6 heteroatoms. The van der Waals surface area contributed by atoms with E-state index < -0.39 is 17.7 Å². The van der Waals surface area contributed by atoms with Gasteiger partial charge in [0.15, 0.2) is 0 Å². The molecule has 0 aromatic rings. The average molecular weight is 302 g/mol. The number of nitrogens with two attached hydrogens (primary N) is 1. The van der Waals surface area contributed by atoms with Crippen LogP contribution in [-0.2, 0) is 4.79 Å². The number of alkyl halides is 3. The van der Waals surface area contributed by atoms with Crippen molar-refractivity contribution in [1.82, 2.24) is 4.90 Å². The van der Waals surface area contributed by atoms with Gasteiger partial charge in [0, 0.05) is 18.7 Å². The number of carbonyl (C=O) groups is 1. The molecule has 2 N–H and O–H groups in total. The summed E-state index contributed by atoms with van der Waals surface area (Å²) in [4.78, 5) is 12.7. The molecule has 0 atom stereocenters. The number of piperidine rings is 1. The summed E-state index contributed by atoms with van der Waals surface area (Å²) in [6.45, 7) is 5.04. The molecule has 0 spiro atoms. The number of allylic oxidation sites excluding steroid dienone is 4. The van der Waals surface area contributed by atoms with Crippen molar-refractivity contribution in [2.24, 2.45) is 11.7 Å². The van der Waals surface area contributed by atoms with Gasteiger partial charge in [0.05, 0.1) is 5.57 Å². The van der Waals surface area contributed by atoms with Crippen molar-refractivity contribution in [2.75, 3.05) is 13.1 Å². The molecule has 0 aliphatic carbocycles. The summed E-state index contributed by atoms with van der Waals surface area (Å²) >= 11 is 0. The lowest BCUT2D eigenvalue weighted by Gasteiger charge is -2.29. The molecule has 0 unspecified atom stereocenters. The number of hydrogen-bond donors (Lipinski definition) is 1. The van der Waals surface area contributed by atoms with Gasteiger partial charge in [-0.25, -0.2) is 0 Å². The van der Waals surface area contributed by atoms with E-state index in [2.05, 4.69) is 6.92 Å². The van der Waals surface area contributed by atoms with E-state index in [9.17, 15) is 18.0 Å². The highest BCUT2D eigenvalue weighted by molar-refractivity contribution is 5.91. The van der Waals surface area contributed by atoms with Gasteiger partial charge >= 0.3 is 6.18 Å². The minimum absolute atomic E-state index is 0.0805. The van der Waals surface area contributed by atoms with Crippen LogP contribution >= 0.6 is 0 Å². The zero-order chi connectivity index (χ0) is 16.0. The zero-order valence-corrected chi connectivity index (χ0v) is 12.3. The summed E-state index contributed by atoms with van der Waals surface area (Å²) in [5.41, 5.74) is 4.27. The molecule has 1 heterocycles. The van der Waals surface area contributed by atoms with Crippen molar-refractivity contribution < 1.29 is 18.0 Å². The zero-order valence-electron chi connectivity index (χ0n) is 12.3. The Bertz CT molecular complexity index is 456. The van der Waals surface area contributed by atoms with Gasteiger partial charge < -0.3 is 10.6 Å². The first-order valence-corrected chi connectivity index (χ1v) is 6.88. The third-order valence-corrected chi connectivity index (χ3v) is 3.51. The maximum Gasteiger partial charge on any atom is 0.416 e. The van der Waals surface area contributed by atoms with Crippen LogP contribution in [-0.4, -0.2) is 30.1 Å². The highest BCUT2D eigenvalue weighted by atomic mass is 19.4. The van der Waals surface area contributed by atoms with Gasteiger partial charge in [0.2, 0.25) is 5.91 Å². The second kappa shape index (κ2) is 7.33. The lowest BCUT2D eigenvalue weighted by molar-refractivity contribution is -0.114. The molecule has 1 aliphatic rings. The van der Waals surface area contributed by atoms with Crippen LogP contribution in [0.2, 0.25) is 0 Å². The predicted molar refractivity (Wildman–Crippen MR) is 76.2 cm³/mol. The molecule has 1 rings (SSSR count). The molecular weight excluding hydrogens is 281 g/mol. The third-order valence-electron chi connectivity index (χ3n) is 3.51. The molecule has 0 aromatic carbocycles. The Balaban J connectivity index is 2.82. The fourth-order valence-corrected chi connectivity index (χ4v) is 1.90. The minimum atomic E-state index is -4.46. The SMILES string of the molecule is C\C(=C/C=C(\C=C\N1CCC(C)CC1)C(F)(F)F)C(N)=O. The fraction of sp³-hybridized carbons (Fsp3) is 0.533. The summed E-state index contributed by atoms with van der Waals surface area (Å²) < 4.78 is 38.7. The average Bonchev–Trinajstić information content (AvgIpc) is 2.38. The Kier molecular flexibility index (Phi) is 6.05. The molecule has 1 saturated heterocycles. The summed E-state index contributed by atoms with van der Waals surface area (Å²) in [7, 11) is 0. The van der Waals surface area contributed by atoms with Crippen LogP contribution in [0.25, 0.3) is 0 Å². The lowest BCUT2D eigenvalue weighted by Crippen LogP contribution is -2.28. The van der Waals surface area contributed by atoms with Crippen LogP contribution in [0.1, 0.15) is 26.7 Å². The third kappa shape index (κ3) is 6.06. The van der Waals surface area contributed by atoms with Crippen molar-refractivity contribution in [3.05, 3.63) is 35.6 Å². The summed E-state index contributed by atoms with van der Waals surface area (Å²) in [5, 5.41) is 0. The molecule has 0 bridgehead atoms. The molecule has 0 aromatic heterocycles. The quantitative estimate of drug-likeness (QED) is 0.640. The van der Waals surface area contributed by atoms with Gasteiger partial charge in [-0.1, -0.05) is 13.0 Å². The van der Waals surface area contributed by atoms with Gasteiger partial charge in [0.25, 0.3) is 0 Å². The number of primary amides is 1. The maximum atomic E-state index is 12.9. The number of nitrogens with zero attached hydrogens (tertiary/aromatic N) is 1. The Morgan fingerprint density at radius 2 is 1.81 bits per heavy atom. The van der Waals surface area contributed by atoms with Gasteiger partial charge in [-0.3, -0.25) is 4.79 Å². The number of carbonyl (C=O) groups excluding carboxylic acids is 1. The van der Waals surface area contributed by atoms with Crippen molar-refractivity contribution in [3.63, 3.8) is 0 Å². The summed E-state index contributed by atoms with van der Waals surface area (Å²) in [6.07, 6.45) is 1.98. The second-order valence-electron chi connectivity index (χ2n) is 5.37. The standard InChI is InChI=1S/C15H21F3N2O/c1-11-5-8-20(9-6-11)10-7-13(15(16,17)18)4-3-12(2)14(19)21/h3-4,7,10-11H,5-6,8-9H2,1-2H3,(H2,19,21)/b10-7+,12-3+,13-4+. The van der Waals surface area contributed by atoms with Crippen molar-refractivity contribution in [2.45, 2.75) is 32.9 Å². The van der Waals surface area contributed by atoms with Crippen molar-refractivity contribution in [1.29, 1.82) is 0 Å². The Morgan fingerprint density at radius 1 is 1.24 bits per heavy atom. The molecule has 0 radical (unpaired) electrons. The first-order valence-electron chi connectivity index (χ1n) is 6.88.